The summed E-state index contributed by atoms with van der Waals surface area (Å²) in [4.78, 5) is 34.8. The number of hydrogen-bond acceptors (Lipinski definition) is 6. The first-order valence-electron chi connectivity index (χ1n) is 9.17. The fourth-order valence-corrected chi connectivity index (χ4v) is 3.52. The van der Waals surface area contributed by atoms with Crippen molar-refractivity contribution in [1.29, 1.82) is 0 Å². The van der Waals surface area contributed by atoms with Crippen molar-refractivity contribution in [2.75, 3.05) is 41.7 Å². The maximum Gasteiger partial charge on any atom is 0.251 e. The number of hydrogen-bond donors (Lipinski definition) is 3. The molecule has 2 aliphatic heterocycles. The van der Waals surface area contributed by atoms with E-state index in [-0.39, 0.29) is 18.4 Å². The summed E-state index contributed by atoms with van der Waals surface area (Å²) in [6.45, 7) is 2.62. The van der Waals surface area contributed by atoms with Gasteiger partial charge in [-0.25, -0.2) is 9.97 Å². The minimum Gasteiger partial charge on any atom is -0.374 e. The van der Waals surface area contributed by atoms with Gasteiger partial charge in [0.15, 0.2) is 0 Å². The second-order valence-electron chi connectivity index (χ2n) is 6.88. The third-order valence-electron chi connectivity index (χ3n) is 4.90. The van der Waals surface area contributed by atoms with E-state index in [9.17, 15) is 9.59 Å². The predicted octanol–water partition coefficient (Wildman–Crippen LogP) is 1.49. The number of nitrogens with one attached hydrogen (secondary N) is 3. The highest BCUT2D eigenvalue weighted by molar-refractivity contribution is 6.03. The molecule has 1 saturated heterocycles. The monoisotopic (exact) mass is 366 g/mol. The highest BCUT2D eigenvalue weighted by Gasteiger charge is 2.22. The molecule has 0 spiro atoms. The van der Waals surface area contributed by atoms with Crippen LogP contribution in [0.4, 0.5) is 17.3 Å². The van der Waals surface area contributed by atoms with Crippen LogP contribution >= 0.6 is 0 Å². The van der Waals surface area contributed by atoms with Gasteiger partial charge in [-0.2, -0.15) is 0 Å². The number of aromatic nitrogens is 2. The van der Waals surface area contributed by atoms with Crippen LogP contribution in [-0.4, -0.2) is 48.0 Å². The number of amides is 2. The van der Waals surface area contributed by atoms with Crippen LogP contribution in [-0.2, 0) is 4.79 Å². The molecule has 1 atom stereocenters. The first-order valence-corrected chi connectivity index (χ1v) is 9.17. The predicted molar refractivity (Wildman–Crippen MR) is 103 cm³/mol. The molecule has 140 valence electrons. The number of anilines is 3. The molecule has 3 heterocycles. The van der Waals surface area contributed by atoms with Gasteiger partial charge in [0.2, 0.25) is 11.9 Å². The molecule has 0 aliphatic carbocycles. The average Bonchev–Trinajstić information content (AvgIpc) is 2.72. The van der Waals surface area contributed by atoms with E-state index < -0.39 is 0 Å². The van der Waals surface area contributed by atoms with Gasteiger partial charge in [0.1, 0.15) is 0 Å². The van der Waals surface area contributed by atoms with Crippen molar-refractivity contribution in [2.24, 2.45) is 5.92 Å². The third-order valence-corrected chi connectivity index (χ3v) is 4.90. The van der Waals surface area contributed by atoms with Gasteiger partial charge in [-0.3, -0.25) is 9.59 Å². The molecule has 0 radical (unpaired) electrons. The van der Waals surface area contributed by atoms with E-state index in [1.165, 1.54) is 0 Å². The SMILES string of the molecule is O=C1CNc2ccc(C(=O)NC[C@@H]3CCCN(c4ncccn4)C3)cc2N1. The van der Waals surface area contributed by atoms with Crippen LogP contribution in [0.2, 0.25) is 0 Å². The summed E-state index contributed by atoms with van der Waals surface area (Å²) in [5, 5.41) is 8.82. The van der Waals surface area contributed by atoms with E-state index in [0.29, 0.717) is 23.7 Å². The lowest BCUT2D eigenvalue weighted by atomic mass is 9.98. The van der Waals surface area contributed by atoms with E-state index >= 15 is 0 Å². The van der Waals surface area contributed by atoms with Crippen LogP contribution in [0.25, 0.3) is 0 Å². The van der Waals surface area contributed by atoms with Crippen molar-refractivity contribution >= 4 is 29.1 Å². The summed E-state index contributed by atoms with van der Waals surface area (Å²) in [6.07, 6.45) is 5.61. The summed E-state index contributed by atoms with van der Waals surface area (Å²) >= 11 is 0. The molecule has 4 rings (SSSR count). The van der Waals surface area contributed by atoms with Crippen molar-refractivity contribution in [3.05, 3.63) is 42.2 Å². The maximum atomic E-state index is 12.5. The molecule has 1 aromatic heterocycles. The van der Waals surface area contributed by atoms with Gasteiger partial charge in [0.25, 0.3) is 5.91 Å². The van der Waals surface area contributed by atoms with E-state index in [1.807, 2.05) is 12.1 Å². The molecule has 2 aliphatic rings. The molecule has 0 saturated carbocycles. The minimum atomic E-state index is -0.134. The molecule has 8 nitrogen and oxygen atoms in total. The van der Waals surface area contributed by atoms with Crippen molar-refractivity contribution in [2.45, 2.75) is 12.8 Å². The fraction of sp³-hybridized carbons (Fsp3) is 0.368. The van der Waals surface area contributed by atoms with Crippen LogP contribution in [0.15, 0.2) is 36.7 Å². The van der Waals surface area contributed by atoms with E-state index in [0.717, 1.165) is 37.6 Å². The number of fused-ring (bicyclic) bond motifs is 1. The topological polar surface area (TPSA) is 99.3 Å². The summed E-state index contributed by atoms with van der Waals surface area (Å²) in [5.74, 6) is 0.855. The van der Waals surface area contributed by atoms with E-state index in [2.05, 4.69) is 30.8 Å². The van der Waals surface area contributed by atoms with Gasteiger partial charge in [-0.05, 0) is 43.0 Å². The summed E-state index contributed by atoms with van der Waals surface area (Å²) in [5.41, 5.74) is 2.01. The Morgan fingerprint density at radius 3 is 2.96 bits per heavy atom. The van der Waals surface area contributed by atoms with E-state index in [1.54, 1.807) is 24.5 Å². The van der Waals surface area contributed by atoms with Gasteiger partial charge in [-0.1, -0.05) is 0 Å². The molecule has 2 aromatic rings. The molecule has 1 aromatic carbocycles. The average molecular weight is 366 g/mol. The zero-order valence-electron chi connectivity index (χ0n) is 14.9. The standard InChI is InChI=1S/C19H22N6O2/c26-17-11-22-15-5-4-14(9-16(15)24-17)18(27)23-10-13-3-1-8-25(12-13)19-20-6-2-7-21-19/h2,4-7,9,13,22H,1,3,8,10-12H2,(H,23,27)(H,24,26)/t13-/m0/s1. The molecule has 3 N–H and O–H groups in total. The second-order valence-corrected chi connectivity index (χ2v) is 6.88. The maximum absolute atomic E-state index is 12.5. The van der Waals surface area contributed by atoms with Crippen LogP contribution in [0, 0.1) is 5.92 Å². The number of nitrogens with zero attached hydrogens (tertiary/aromatic N) is 3. The van der Waals surface area contributed by atoms with Crippen LogP contribution in [0.1, 0.15) is 23.2 Å². The molecular weight excluding hydrogens is 344 g/mol. The quantitative estimate of drug-likeness (QED) is 0.758. The largest absolute Gasteiger partial charge is 0.374 e. The number of benzene rings is 1. The van der Waals surface area contributed by atoms with Gasteiger partial charge in [-0.15, -0.1) is 0 Å². The molecule has 8 heteroatoms. The third kappa shape index (κ3) is 3.99. The molecule has 1 fully saturated rings. The lowest BCUT2D eigenvalue weighted by Crippen LogP contribution is -2.41. The first-order chi connectivity index (χ1) is 13.2. The lowest BCUT2D eigenvalue weighted by molar-refractivity contribution is -0.114. The molecule has 0 unspecified atom stereocenters. The number of piperidine rings is 1. The Balaban J connectivity index is 1.35. The summed E-state index contributed by atoms with van der Waals surface area (Å²) in [6, 6.07) is 7.10. The second kappa shape index (κ2) is 7.61. The Labute approximate surface area is 157 Å². The van der Waals surface area contributed by atoms with Crippen molar-refractivity contribution in [1.82, 2.24) is 15.3 Å². The molecule has 2 amide bonds. The van der Waals surface area contributed by atoms with Crippen LogP contribution < -0.4 is 20.9 Å². The number of carbonyl (C=O) groups is 2. The molecule has 0 bridgehead atoms. The number of carbonyl (C=O) groups excluding carboxylic acids is 2. The van der Waals surface area contributed by atoms with Crippen LogP contribution in [0.5, 0.6) is 0 Å². The fourth-order valence-electron chi connectivity index (χ4n) is 3.52. The Kier molecular flexibility index (Phi) is 4.86. The van der Waals surface area contributed by atoms with Crippen molar-refractivity contribution < 1.29 is 9.59 Å². The zero-order valence-corrected chi connectivity index (χ0v) is 14.9. The van der Waals surface area contributed by atoms with Crippen LogP contribution in [0.3, 0.4) is 0 Å². The lowest BCUT2D eigenvalue weighted by Gasteiger charge is -2.32. The zero-order chi connectivity index (χ0) is 18.6. The Hall–Kier alpha value is -3.16. The Morgan fingerprint density at radius 2 is 2.11 bits per heavy atom. The number of rotatable bonds is 4. The van der Waals surface area contributed by atoms with Gasteiger partial charge in [0.05, 0.1) is 17.9 Å². The summed E-state index contributed by atoms with van der Waals surface area (Å²) in [7, 11) is 0. The highest BCUT2D eigenvalue weighted by Crippen LogP contribution is 2.26. The van der Waals surface area contributed by atoms with Gasteiger partial charge in [0, 0.05) is 37.6 Å². The smallest absolute Gasteiger partial charge is 0.251 e. The minimum absolute atomic E-state index is 0.106. The summed E-state index contributed by atoms with van der Waals surface area (Å²) < 4.78 is 0. The Bertz CT molecular complexity index is 841. The highest BCUT2D eigenvalue weighted by atomic mass is 16.2. The Morgan fingerprint density at radius 1 is 1.26 bits per heavy atom. The van der Waals surface area contributed by atoms with Crippen molar-refractivity contribution in [3.8, 4) is 0 Å². The normalized spacial score (nSPS) is 18.9. The van der Waals surface area contributed by atoms with Gasteiger partial charge >= 0.3 is 0 Å². The van der Waals surface area contributed by atoms with Gasteiger partial charge < -0.3 is 20.9 Å². The van der Waals surface area contributed by atoms with E-state index in [4.69, 9.17) is 0 Å². The molecule has 27 heavy (non-hydrogen) atoms. The molecular formula is C19H22N6O2. The first kappa shape index (κ1) is 17.3. The van der Waals surface area contributed by atoms with Crippen molar-refractivity contribution in [3.63, 3.8) is 0 Å².